The van der Waals surface area contributed by atoms with Crippen molar-refractivity contribution in [3.05, 3.63) is 11.8 Å². The minimum absolute atomic E-state index is 0.751. The number of unbranched alkanes of at least 4 members (excludes halogenated alkanes) is 1. The van der Waals surface area contributed by atoms with Gasteiger partial charge in [-0.3, -0.25) is 0 Å². The van der Waals surface area contributed by atoms with E-state index in [-0.39, 0.29) is 0 Å². The molecule has 0 aliphatic heterocycles. The maximum Gasteiger partial charge on any atom is 0.0118 e. The van der Waals surface area contributed by atoms with Crippen molar-refractivity contribution < 1.29 is 0 Å². The van der Waals surface area contributed by atoms with Gasteiger partial charge in [-0.25, -0.2) is 0 Å². The van der Waals surface area contributed by atoms with Crippen LogP contribution in [-0.4, -0.2) is 19.0 Å². The molecular weight excluding hydrogens is 158 g/mol. The van der Waals surface area contributed by atoms with Crippen LogP contribution in [0, 0.1) is 5.92 Å². The molecule has 0 fully saturated rings. The second-order valence-electron chi connectivity index (χ2n) is 3.83. The fourth-order valence-corrected chi connectivity index (χ4v) is 1.71. The lowest BCUT2D eigenvalue weighted by Crippen LogP contribution is -2.18. The average molecular weight is 183 g/mol. The highest BCUT2D eigenvalue weighted by Gasteiger charge is 2.10. The third kappa shape index (κ3) is 4.35. The molecule has 0 saturated heterocycles. The number of allylic oxidation sites excluding steroid dienone is 2. The smallest absolute Gasteiger partial charge is 0.0118 e. The monoisotopic (exact) mass is 183 g/mol. The van der Waals surface area contributed by atoms with Crippen molar-refractivity contribution in [1.29, 1.82) is 0 Å². The van der Waals surface area contributed by atoms with Gasteiger partial charge in [0.1, 0.15) is 0 Å². The minimum atomic E-state index is 0.751. The van der Waals surface area contributed by atoms with Crippen molar-refractivity contribution in [3.63, 3.8) is 0 Å². The predicted octanol–water partition coefficient (Wildman–Crippen LogP) is 3.67. The lowest BCUT2D eigenvalue weighted by molar-refractivity contribution is 0.397. The van der Waals surface area contributed by atoms with E-state index in [0.29, 0.717) is 0 Å². The Hall–Kier alpha value is -0.460. The molecule has 0 rings (SSSR count). The van der Waals surface area contributed by atoms with E-state index in [0.717, 1.165) is 5.92 Å². The van der Waals surface area contributed by atoms with Gasteiger partial charge in [-0.1, -0.05) is 33.3 Å². The maximum atomic E-state index is 2.40. The van der Waals surface area contributed by atoms with Gasteiger partial charge >= 0.3 is 0 Å². The van der Waals surface area contributed by atoms with Crippen LogP contribution < -0.4 is 0 Å². The summed E-state index contributed by atoms with van der Waals surface area (Å²) in [5.74, 6) is 0.751. The summed E-state index contributed by atoms with van der Waals surface area (Å²) in [6, 6.07) is 0. The number of rotatable bonds is 6. The largest absolute Gasteiger partial charge is 0.381 e. The van der Waals surface area contributed by atoms with Crippen LogP contribution in [0.4, 0.5) is 0 Å². The van der Waals surface area contributed by atoms with Crippen molar-refractivity contribution in [2.45, 2.75) is 46.5 Å². The van der Waals surface area contributed by atoms with Crippen LogP contribution in [0.1, 0.15) is 46.5 Å². The fraction of sp³-hybridized carbons (Fsp3) is 0.833. The Morgan fingerprint density at radius 3 is 2.00 bits per heavy atom. The molecule has 78 valence electrons. The van der Waals surface area contributed by atoms with Gasteiger partial charge in [-0.05, 0) is 25.2 Å². The van der Waals surface area contributed by atoms with Crippen LogP contribution in [0.2, 0.25) is 0 Å². The fourth-order valence-electron chi connectivity index (χ4n) is 1.71. The van der Waals surface area contributed by atoms with Gasteiger partial charge in [-0.2, -0.15) is 0 Å². The topological polar surface area (TPSA) is 3.24 Å². The molecule has 0 radical (unpaired) electrons. The standard InChI is InChI=1S/C12H25N/c1-6-9-10-12(13(4)5)11(7-2)8-3/h10-11H,6-9H2,1-5H3/b12-10+. The second-order valence-corrected chi connectivity index (χ2v) is 3.83. The summed E-state index contributed by atoms with van der Waals surface area (Å²) < 4.78 is 0. The summed E-state index contributed by atoms with van der Waals surface area (Å²) >= 11 is 0. The highest BCUT2D eigenvalue weighted by Crippen LogP contribution is 2.21. The van der Waals surface area contributed by atoms with E-state index in [1.165, 1.54) is 31.4 Å². The summed E-state index contributed by atoms with van der Waals surface area (Å²) in [5, 5.41) is 0. The Kier molecular flexibility index (Phi) is 6.75. The van der Waals surface area contributed by atoms with Crippen LogP contribution in [0.25, 0.3) is 0 Å². The Morgan fingerprint density at radius 1 is 1.15 bits per heavy atom. The van der Waals surface area contributed by atoms with E-state index in [2.05, 4.69) is 45.8 Å². The summed E-state index contributed by atoms with van der Waals surface area (Å²) in [7, 11) is 4.31. The van der Waals surface area contributed by atoms with Crippen LogP contribution in [0.15, 0.2) is 11.8 Å². The Balaban J connectivity index is 4.38. The minimum Gasteiger partial charge on any atom is -0.381 e. The molecule has 0 aliphatic rings. The predicted molar refractivity (Wildman–Crippen MR) is 60.8 cm³/mol. The highest BCUT2D eigenvalue weighted by molar-refractivity contribution is 5.04. The first-order valence-corrected chi connectivity index (χ1v) is 5.54. The molecule has 0 unspecified atom stereocenters. The molecule has 0 aliphatic carbocycles. The van der Waals surface area contributed by atoms with Crippen molar-refractivity contribution in [3.8, 4) is 0 Å². The molecule has 0 bridgehead atoms. The van der Waals surface area contributed by atoms with E-state index in [4.69, 9.17) is 0 Å². The molecule has 0 atom stereocenters. The normalized spacial score (nSPS) is 12.3. The van der Waals surface area contributed by atoms with Crippen LogP contribution in [0.3, 0.4) is 0 Å². The Labute approximate surface area is 83.8 Å². The summed E-state index contributed by atoms with van der Waals surface area (Å²) in [4.78, 5) is 2.27. The van der Waals surface area contributed by atoms with Gasteiger partial charge in [0.05, 0.1) is 0 Å². The van der Waals surface area contributed by atoms with E-state index in [9.17, 15) is 0 Å². The average Bonchev–Trinajstić information content (AvgIpc) is 2.11. The lowest BCUT2D eigenvalue weighted by atomic mass is 9.97. The van der Waals surface area contributed by atoms with Gasteiger partial charge in [0.25, 0.3) is 0 Å². The van der Waals surface area contributed by atoms with E-state index < -0.39 is 0 Å². The van der Waals surface area contributed by atoms with E-state index in [1.54, 1.807) is 0 Å². The molecule has 1 nitrogen and oxygen atoms in total. The first-order chi connectivity index (χ1) is 6.17. The van der Waals surface area contributed by atoms with Gasteiger partial charge in [0, 0.05) is 19.8 Å². The van der Waals surface area contributed by atoms with Gasteiger partial charge < -0.3 is 4.90 Å². The van der Waals surface area contributed by atoms with Crippen LogP contribution >= 0.6 is 0 Å². The Bertz CT molecular complexity index is 143. The van der Waals surface area contributed by atoms with Crippen molar-refractivity contribution in [1.82, 2.24) is 4.90 Å². The molecule has 0 N–H and O–H groups in total. The van der Waals surface area contributed by atoms with Crippen LogP contribution in [0.5, 0.6) is 0 Å². The zero-order chi connectivity index (χ0) is 10.3. The second kappa shape index (κ2) is 6.99. The zero-order valence-corrected chi connectivity index (χ0v) is 9.93. The van der Waals surface area contributed by atoms with Gasteiger partial charge in [0.15, 0.2) is 0 Å². The van der Waals surface area contributed by atoms with Crippen molar-refractivity contribution in [2.24, 2.45) is 5.92 Å². The molecule has 0 aromatic heterocycles. The first-order valence-electron chi connectivity index (χ1n) is 5.54. The van der Waals surface area contributed by atoms with Gasteiger partial charge in [-0.15, -0.1) is 0 Å². The first kappa shape index (κ1) is 12.5. The summed E-state index contributed by atoms with van der Waals surface area (Å²) in [5.41, 5.74) is 1.52. The van der Waals surface area contributed by atoms with E-state index in [1.807, 2.05) is 0 Å². The van der Waals surface area contributed by atoms with E-state index >= 15 is 0 Å². The van der Waals surface area contributed by atoms with Gasteiger partial charge in [0.2, 0.25) is 0 Å². The maximum absolute atomic E-state index is 2.40. The number of hydrogen-bond donors (Lipinski definition) is 0. The quantitative estimate of drug-likeness (QED) is 0.607. The lowest BCUT2D eigenvalue weighted by Gasteiger charge is -2.24. The van der Waals surface area contributed by atoms with Crippen LogP contribution in [-0.2, 0) is 0 Å². The molecule has 13 heavy (non-hydrogen) atoms. The molecule has 0 aromatic rings. The number of hydrogen-bond acceptors (Lipinski definition) is 1. The molecule has 0 aromatic carbocycles. The molecule has 0 spiro atoms. The molecule has 0 amide bonds. The molecule has 0 saturated carbocycles. The van der Waals surface area contributed by atoms with Crippen molar-refractivity contribution in [2.75, 3.05) is 14.1 Å². The third-order valence-electron chi connectivity index (χ3n) is 2.56. The summed E-state index contributed by atoms with van der Waals surface area (Å²) in [6.45, 7) is 6.78. The number of nitrogens with zero attached hydrogens (tertiary/aromatic N) is 1. The Morgan fingerprint density at radius 2 is 1.69 bits per heavy atom. The zero-order valence-electron chi connectivity index (χ0n) is 9.93. The van der Waals surface area contributed by atoms with Crippen molar-refractivity contribution >= 4 is 0 Å². The summed E-state index contributed by atoms with van der Waals surface area (Å²) in [6.07, 6.45) is 7.37. The molecule has 0 heterocycles. The third-order valence-corrected chi connectivity index (χ3v) is 2.56. The molecular formula is C12H25N. The highest BCUT2D eigenvalue weighted by atomic mass is 15.1. The molecule has 1 heteroatoms. The SMILES string of the molecule is CCC/C=C(\C(CC)CC)N(C)C.